The first-order chi connectivity index (χ1) is 8.16. The number of carbonyl (C=O) groups excluding carboxylic acids is 1. The summed E-state index contributed by atoms with van der Waals surface area (Å²) in [7, 11) is 4.10. The molecule has 2 heterocycles. The van der Waals surface area contributed by atoms with Crippen LogP contribution in [-0.4, -0.2) is 53.6 Å². The van der Waals surface area contributed by atoms with Crippen molar-refractivity contribution in [3.05, 3.63) is 0 Å². The molecule has 0 unspecified atom stereocenters. The van der Waals surface area contributed by atoms with E-state index in [1.807, 2.05) is 20.9 Å². The van der Waals surface area contributed by atoms with Crippen LogP contribution in [0, 0.1) is 0 Å². The molecule has 0 radical (unpaired) electrons. The van der Waals surface area contributed by atoms with Gasteiger partial charge in [0.1, 0.15) is 0 Å². The summed E-state index contributed by atoms with van der Waals surface area (Å²) in [5.74, 6) is 0. The third-order valence-electron chi connectivity index (χ3n) is 3.37. The Bertz CT molecular complexity index is 252. The topological polar surface area (TPSA) is 35.6 Å². The van der Waals surface area contributed by atoms with Gasteiger partial charge in [0, 0.05) is 26.1 Å². The first-order valence-electron chi connectivity index (χ1n) is 6.52. The van der Waals surface area contributed by atoms with Crippen molar-refractivity contribution in [2.24, 2.45) is 0 Å². The average Bonchev–Trinajstić information content (AvgIpc) is 2.36. The van der Waals surface area contributed by atoms with Gasteiger partial charge < -0.3 is 4.90 Å². The number of thioether (sulfide) groups is 1. The molecule has 0 aromatic rings. The van der Waals surface area contributed by atoms with E-state index in [1.165, 1.54) is 0 Å². The Morgan fingerprint density at radius 1 is 1.24 bits per heavy atom. The van der Waals surface area contributed by atoms with Crippen LogP contribution in [0.4, 0.5) is 0 Å². The quantitative estimate of drug-likeness (QED) is 0.773. The molecule has 5 heteroatoms. The maximum Gasteiger partial charge on any atom is 0.192 e. The van der Waals surface area contributed by atoms with Crippen molar-refractivity contribution in [3.8, 4) is 0 Å². The van der Waals surface area contributed by atoms with E-state index in [2.05, 4.69) is 22.4 Å². The number of nitrogens with zero attached hydrogens (tertiary/aromatic N) is 2. The highest BCUT2D eigenvalue weighted by Gasteiger charge is 2.44. The second-order valence-corrected chi connectivity index (χ2v) is 5.77. The Morgan fingerprint density at radius 3 is 2.35 bits per heavy atom. The lowest BCUT2D eigenvalue weighted by Crippen LogP contribution is -2.59. The van der Waals surface area contributed by atoms with Crippen LogP contribution in [0.1, 0.15) is 33.1 Å². The first-order valence-corrected chi connectivity index (χ1v) is 7.33. The highest BCUT2D eigenvalue weighted by Crippen LogP contribution is 2.41. The average molecular weight is 259 g/mol. The number of rotatable bonds is 1. The van der Waals surface area contributed by atoms with Crippen molar-refractivity contribution < 1.29 is 4.79 Å². The lowest BCUT2D eigenvalue weighted by Gasteiger charge is -2.49. The summed E-state index contributed by atoms with van der Waals surface area (Å²) in [5, 5.41) is 2.61. The summed E-state index contributed by atoms with van der Waals surface area (Å²) in [5.41, 5.74) is 3.24. The molecular weight excluding hydrogens is 234 g/mol. The minimum Gasteiger partial charge on any atom is -0.306 e. The Balaban J connectivity index is 0.000000686. The molecule has 0 saturated carbocycles. The van der Waals surface area contributed by atoms with Crippen molar-refractivity contribution in [2.75, 3.05) is 33.7 Å². The van der Waals surface area contributed by atoms with Gasteiger partial charge in [0.25, 0.3) is 0 Å². The standard InChI is InChI=1S/C10H19N3OS.C2H6/c1-11-13-6-3-9(14)15-10(13)4-7-12(2)8-5-10;1-2/h11H,3-8H2,1-2H3;1-2H3. The van der Waals surface area contributed by atoms with Crippen molar-refractivity contribution >= 4 is 16.9 Å². The predicted molar refractivity (Wildman–Crippen MR) is 73.8 cm³/mol. The molecule has 0 aromatic carbocycles. The van der Waals surface area contributed by atoms with Gasteiger partial charge >= 0.3 is 0 Å². The van der Waals surface area contributed by atoms with E-state index in [0.717, 1.165) is 32.5 Å². The second-order valence-electron chi connectivity index (χ2n) is 4.35. The SMILES string of the molecule is CC.CNN1CCC(=O)SC12CCN(C)CC2. The van der Waals surface area contributed by atoms with Crippen LogP contribution in [0.25, 0.3) is 0 Å². The van der Waals surface area contributed by atoms with Gasteiger partial charge in [-0.2, -0.15) is 0 Å². The zero-order valence-corrected chi connectivity index (χ0v) is 12.3. The Kier molecular flexibility index (Phi) is 5.92. The minimum atomic E-state index is 0.0244. The van der Waals surface area contributed by atoms with Crippen LogP contribution in [0.15, 0.2) is 0 Å². The molecule has 0 amide bonds. The van der Waals surface area contributed by atoms with E-state index in [1.54, 1.807) is 11.8 Å². The van der Waals surface area contributed by atoms with Crippen LogP contribution in [0.2, 0.25) is 0 Å². The molecular formula is C12H25N3OS. The lowest BCUT2D eigenvalue weighted by atomic mass is 10.0. The molecule has 1 N–H and O–H groups in total. The monoisotopic (exact) mass is 259 g/mol. The van der Waals surface area contributed by atoms with Gasteiger partial charge in [-0.1, -0.05) is 25.6 Å². The fourth-order valence-electron chi connectivity index (χ4n) is 2.38. The summed E-state index contributed by atoms with van der Waals surface area (Å²) in [6.45, 7) is 7.02. The molecule has 2 saturated heterocycles. The van der Waals surface area contributed by atoms with Crippen LogP contribution >= 0.6 is 11.8 Å². The van der Waals surface area contributed by atoms with E-state index < -0.39 is 0 Å². The number of piperidine rings is 1. The Morgan fingerprint density at radius 2 is 1.82 bits per heavy atom. The fraction of sp³-hybridized carbons (Fsp3) is 0.917. The normalized spacial score (nSPS) is 25.5. The molecule has 0 aromatic heterocycles. The molecule has 100 valence electrons. The van der Waals surface area contributed by atoms with E-state index >= 15 is 0 Å². The molecule has 2 aliphatic rings. The number of likely N-dealkylation sites (tertiary alicyclic amines) is 1. The summed E-state index contributed by atoms with van der Waals surface area (Å²) in [4.78, 5) is 13.9. The highest BCUT2D eigenvalue weighted by atomic mass is 32.2. The Hall–Kier alpha value is -0.100. The van der Waals surface area contributed by atoms with Gasteiger partial charge in [-0.05, 0) is 26.9 Å². The molecule has 4 nitrogen and oxygen atoms in total. The summed E-state index contributed by atoms with van der Waals surface area (Å²) >= 11 is 1.54. The highest BCUT2D eigenvalue weighted by molar-refractivity contribution is 8.14. The number of hydrogen-bond acceptors (Lipinski definition) is 5. The van der Waals surface area contributed by atoms with Crippen molar-refractivity contribution in [1.29, 1.82) is 0 Å². The smallest absolute Gasteiger partial charge is 0.192 e. The van der Waals surface area contributed by atoms with Gasteiger partial charge in [0.15, 0.2) is 5.12 Å². The van der Waals surface area contributed by atoms with E-state index in [-0.39, 0.29) is 4.87 Å². The van der Waals surface area contributed by atoms with Crippen molar-refractivity contribution in [1.82, 2.24) is 15.3 Å². The number of hydrazine groups is 1. The maximum atomic E-state index is 11.6. The molecule has 0 aliphatic carbocycles. The molecule has 2 aliphatic heterocycles. The largest absolute Gasteiger partial charge is 0.306 e. The summed E-state index contributed by atoms with van der Waals surface area (Å²) in [6.07, 6.45) is 2.81. The van der Waals surface area contributed by atoms with Crippen molar-refractivity contribution in [2.45, 2.75) is 38.0 Å². The molecule has 0 bridgehead atoms. The zero-order valence-electron chi connectivity index (χ0n) is 11.5. The van der Waals surface area contributed by atoms with Crippen LogP contribution in [-0.2, 0) is 4.79 Å². The molecule has 2 rings (SSSR count). The fourth-order valence-corrected chi connectivity index (χ4v) is 3.68. The van der Waals surface area contributed by atoms with Crippen molar-refractivity contribution in [3.63, 3.8) is 0 Å². The van der Waals surface area contributed by atoms with Gasteiger partial charge in [-0.3, -0.25) is 10.2 Å². The number of carbonyl (C=O) groups is 1. The van der Waals surface area contributed by atoms with Gasteiger partial charge in [-0.25, -0.2) is 5.01 Å². The second kappa shape index (κ2) is 6.73. The zero-order chi connectivity index (χ0) is 12.9. The third-order valence-corrected chi connectivity index (χ3v) is 4.81. The molecule has 0 atom stereocenters. The summed E-state index contributed by atoms with van der Waals surface area (Å²) < 4.78 is 0. The third kappa shape index (κ3) is 3.44. The first kappa shape index (κ1) is 15.0. The Labute approximate surface area is 109 Å². The van der Waals surface area contributed by atoms with Crippen LogP contribution in [0.5, 0.6) is 0 Å². The molecule has 1 spiro atoms. The van der Waals surface area contributed by atoms with E-state index in [9.17, 15) is 4.79 Å². The van der Waals surface area contributed by atoms with Gasteiger partial charge in [-0.15, -0.1) is 0 Å². The van der Waals surface area contributed by atoms with Gasteiger partial charge in [0.05, 0.1) is 4.87 Å². The van der Waals surface area contributed by atoms with Gasteiger partial charge in [0.2, 0.25) is 0 Å². The predicted octanol–water partition coefficient (Wildman–Crippen LogP) is 1.53. The number of hydrogen-bond donors (Lipinski definition) is 1. The minimum absolute atomic E-state index is 0.0244. The van der Waals surface area contributed by atoms with Crippen LogP contribution < -0.4 is 5.43 Å². The number of nitrogens with one attached hydrogen (secondary N) is 1. The molecule has 2 fully saturated rings. The molecule has 17 heavy (non-hydrogen) atoms. The van der Waals surface area contributed by atoms with E-state index in [4.69, 9.17) is 0 Å². The maximum absolute atomic E-state index is 11.6. The van der Waals surface area contributed by atoms with Crippen LogP contribution in [0.3, 0.4) is 0 Å². The lowest BCUT2D eigenvalue weighted by molar-refractivity contribution is -0.113. The van der Waals surface area contributed by atoms with E-state index in [0.29, 0.717) is 11.5 Å². The summed E-state index contributed by atoms with van der Waals surface area (Å²) in [6, 6.07) is 0.